The number of rotatable bonds is 26. The highest BCUT2D eigenvalue weighted by Crippen LogP contribution is 2.24. The lowest BCUT2D eigenvalue weighted by molar-refractivity contribution is -0.135. The van der Waals surface area contributed by atoms with Crippen molar-refractivity contribution in [1.29, 1.82) is 0 Å². The lowest BCUT2D eigenvalue weighted by atomic mass is 10.1. The molecular weight excluding hydrogens is 500 g/mol. The van der Waals surface area contributed by atoms with Crippen molar-refractivity contribution in [3.63, 3.8) is 0 Å². The number of hydrogen-bond acceptors (Lipinski definition) is 11. The summed E-state index contributed by atoms with van der Waals surface area (Å²) in [5.41, 5.74) is 2.04. The molecule has 0 saturated heterocycles. The normalized spacial score (nSPS) is 11.1. The van der Waals surface area contributed by atoms with Gasteiger partial charge >= 0.3 is 5.97 Å². The van der Waals surface area contributed by atoms with Crippen LogP contribution in [0.1, 0.15) is 27.9 Å². The molecule has 0 N–H and O–H groups in total. The highest BCUT2D eigenvalue weighted by atomic mass is 16.6. The van der Waals surface area contributed by atoms with Crippen molar-refractivity contribution in [1.82, 2.24) is 0 Å². The van der Waals surface area contributed by atoms with Gasteiger partial charge in [0.05, 0.1) is 106 Å². The van der Waals surface area contributed by atoms with E-state index in [0.717, 1.165) is 17.4 Å². The molecule has 1 aromatic carbocycles. The van der Waals surface area contributed by atoms with E-state index < -0.39 is 0 Å². The fourth-order valence-electron chi connectivity index (χ4n) is 3.10. The lowest BCUT2D eigenvalue weighted by Gasteiger charge is -2.11. The summed E-state index contributed by atoms with van der Waals surface area (Å²) in [4.78, 5) is 22.9. The molecule has 11 heteroatoms. The van der Waals surface area contributed by atoms with Gasteiger partial charge in [0.2, 0.25) is 0 Å². The molecule has 0 amide bonds. The largest absolute Gasteiger partial charge is 0.426 e. The summed E-state index contributed by atoms with van der Waals surface area (Å²) in [5, 5.41) is 0. The number of ether oxygens (including phenoxy) is 9. The molecule has 0 atom stereocenters. The SMILES string of the molecule is COCCOCCOCCOCCOCCOCCOCCOCCC(=O)Oc1c(C)cc(C=O)cc1C. The zero-order valence-corrected chi connectivity index (χ0v) is 23.0. The summed E-state index contributed by atoms with van der Waals surface area (Å²) >= 11 is 0. The van der Waals surface area contributed by atoms with E-state index in [-0.39, 0.29) is 19.0 Å². The number of methoxy groups -OCH3 is 1. The number of benzene rings is 1. The Kier molecular flexibility index (Phi) is 21.6. The minimum atomic E-state index is -0.386. The van der Waals surface area contributed by atoms with Crippen LogP contribution in [0.4, 0.5) is 0 Å². The highest BCUT2D eigenvalue weighted by molar-refractivity contribution is 5.78. The molecule has 218 valence electrons. The summed E-state index contributed by atoms with van der Waals surface area (Å²) in [6.45, 7) is 10.8. The number of aryl methyl sites for hydroxylation is 2. The smallest absolute Gasteiger partial charge is 0.313 e. The molecule has 0 bridgehead atoms. The van der Waals surface area contributed by atoms with Crippen LogP contribution in [0.2, 0.25) is 0 Å². The number of carbonyl (C=O) groups excluding carboxylic acids is 2. The molecule has 0 aliphatic heterocycles. The Hall–Kier alpha value is -1.96. The van der Waals surface area contributed by atoms with Gasteiger partial charge in [-0.1, -0.05) is 0 Å². The van der Waals surface area contributed by atoms with Crippen LogP contribution in [-0.4, -0.2) is 118 Å². The molecule has 1 rings (SSSR count). The van der Waals surface area contributed by atoms with Gasteiger partial charge in [0, 0.05) is 12.7 Å². The van der Waals surface area contributed by atoms with Gasteiger partial charge in [-0.2, -0.15) is 0 Å². The Labute approximate surface area is 225 Å². The summed E-state index contributed by atoms with van der Waals surface area (Å²) in [6.07, 6.45) is 0.895. The van der Waals surface area contributed by atoms with E-state index in [0.29, 0.717) is 104 Å². The number of aldehydes is 1. The number of esters is 1. The topological polar surface area (TPSA) is 117 Å². The van der Waals surface area contributed by atoms with E-state index in [2.05, 4.69) is 0 Å². The molecular formula is C27H44O11. The average molecular weight is 545 g/mol. The third-order valence-electron chi connectivity index (χ3n) is 4.95. The zero-order chi connectivity index (χ0) is 27.7. The van der Waals surface area contributed by atoms with E-state index in [4.69, 9.17) is 42.6 Å². The van der Waals surface area contributed by atoms with Gasteiger partial charge in [0.25, 0.3) is 0 Å². The predicted molar refractivity (Wildman–Crippen MR) is 139 cm³/mol. The Morgan fingerprint density at radius 2 is 0.947 bits per heavy atom. The van der Waals surface area contributed by atoms with E-state index >= 15 is 0 Å². The predicted octanol–water partition coefficient (Wildman–Crippen LogP) is 2.17. The van der Waals surface area contributed by atoms with Crippen molar-refractivity contribution in [3.05, 3.63) is 28.8 Å². The summed E-state index contributed by atoms with van der Waals surface area (Å²) in [7, 11) is 1.64. The molecule has 0 aromatic heterocycles. The van der Waals surface area contributed by atoms with E-state index in [1.807, 2.05) is 0 Å². The molecule has 0 aliphatic rings. The van der Waals surface area contributed by atoms with Crippen LogP contribution >= 0.6 is 0 Å². The van der Waals surface area contributed by atoms with Crippen molar-refractivity contribution < 1.29 is 52.2 Å². The molecule has 0 saturated carbocycles. The monoisotopic (exact) mass is 544 g/mol. The van der Waals surface area contributed by atoms with Crippen LogP contribution in [0.5, 0.6) is 5.75 Å². The van der Waals surface area contributed by atoms with Crippen molar-refractivity contribution in [2.45, 2.75) is 20.3 Å². The third kappa shape index (κ3) is 18.3. The maximum atomic E-state index is 12.0. The molecule has 1 aromatic rings. The Bertz CT molecular complexity index is 719. The molecule has 0 radical (unpaired) electrons. The third-order valence-corrected chi connectivity index (χ3v) is 4.95. The van der Waals surface area contributed by atoms with Crippen molar-refractivity contribution in [2.24, 2.45) is 0 Å². The van der Waals surface area contributed by atoms with Crippen molar-refractivity contribution in [3.8, 4) is 5.75 Å². The summed E-state index contributed by atoms with van der Waals surface area (Å²) in [6, 6.07) is 3.37. The van der Waals surface area contributed by atoms with Gasteiger partial charge < -0.3 is 42.6 Å². The first-order valence-electron chi connectivity index (χ1n) is 12.9. The lowest BCUT2D eigenvalue weighted by Crippen LogP contribution is -2.15. The fourth-order valence-corrected chi connectivity index (χ4v) is 3.10. The van der Waals surface area contributed by atoms with Gasteiger partial charge in [-0.25, -0.2) is 0 Å². The number of carbonyl (C=O) groups is 2. The second-order valence-electron chi connectivity index (χ2n) is 8.11. The zero-order valence-electron chi connectivity index (χ0n) is 23.0. The molecule has 0 heterocycles. The van der Waals surface area contributed by atoms with Gasteiger partial charge in [0.1, 0.15) is 12.0 Å². The van der Waals surface area contributed by atoms with Crippen LogP contribution in [0.25, 0.3) is 0 Å². The summed E-state index contributed by atoms with van der Waals surface area (Å²) < 4.78 is 48.1. The van der Waals surface area contributed by atoms with Crippen molar-refractivity contribution >= 4 is 12.3 Å². The molecule has 38 heavy (non-hydrogen) atoms. The van der Waals surface area contributed by atoms with E-state index in [1.54, 1.807) is 33.1 Å². The maximum absolute atomic E-state index is 12.0. The molecule has 11 nitrogen and oxygen atoms in total. The van der Waals surface area contributed by atoms with Crippen LogP contribution in [0.3, 0.4) is 0 Å². The number of hydrogen-bond donors (Lipinski definition) is 0. The van der Waals surface area contributed by atoms with Crippen molar-refractivity contribution in [2.75, 3.05) is 106 Å². The van der Waals surface area contributed by atoms with E-state index in [9.17, 15) is 9.59 Å². The fraction of sp³-hybridized carbons (Fsp3) is 0.704. The van der Waals surface area contributed by atoms with Crippen LogP contribution in [0.15, 0.2) is 12.1 Å². The van der Waals surface area contributed by atoms with E-state index in [1.165, 1.54) is 0 Å². The van der Waals surface area contributed by atoms with Gasteiger partial charge in [-0.15, -0.1) is 0 Å². The quantitative estimate of drug-likeness (QED) is 0.0739. The standard InChI is InChI=1S/C27H44O11/c1-23-20-25(22-28)21-24(2)27(23)38-26(29)4-5-31-8-9-33-12-13-35-16-17-37-19-18-36-15-14-34-11-10-32-7-6-30-3/h20-22H,4-19H2,1-3H3. The maximum Gasteiger partial charge on any atom is 0.313 e. The molecule has 0 spiro atoms. The van der Waals surface area contributed by atoms with Crippen LogP contribution in [0, 0.1) is 13.8 Å². The van der Waals surface area contributed by atoms with Gasteiger partial charge in [0.15, 0.2) is 0 Å². The average Bonchev–Trinajstić information content (AvgIpc) is 2.91. The first kappa shape index (κ1) is 34.1. The van der Waals surface area contributed by atoms with Crippen LogP contribution < -0.4 is 4.74 Å². The Balaban J connectivity index is 1.81. The minimum absolute atomic E-state index is 0.126. The van der Waals surface area contributed by atoms with Gasteiger partial charge in [-0.3, -0.25) is 9.59 Å². The Morgan fingerprint density at radius 1 is 0.605 bits per heavy atom. The first-order valence-corrected chi connectivity index (χ1v) is 12.9. The minimum Gasteiger partial charge on any atom is -0.426 e. The molecule has 0 fully saturated rings. The second-order valence-corrected chi connectivity index (χ2v) is 8.11. The molecule has 0 aliphatic carbocycles. The highest BCUT2D eigenvalue weighted by Gasteiger charge is 2.11. The summed E-state index contributed by atoms with van der Waals surface area (Å²) in [5.74, 6) is 0.0999. The van der Waals surface area contributed by atoms with Crippen LogP contribution in [-0.2, 0) is 42.7 Å². The first-order chi connectivity index (χ1) is 18.6. The second kappa shape index (κ2) is 24.1. The molecule has 0 unspecified atom stereocenters. The Morgan fingerprint density at radius 3 is 1.29 bits per heavy atom. The van der Waals surface area contributed by atoms with Gasteiger partial charge in [-0.05, 0) is 37.1 Å².